The van der Waals surface area contributed by atoms with Crippen LogP contribution in [-0.2, 0) is 0 Å². The van der Waals surface area contributed by atoms with Gasteiger partial charge in [-0.15, -0.1) is 0 Å². The molecule has 0 bridgehead atoms. The molecule has 20 heavy (non-hydrogen) atoms. The van der Waals surface area contributed by atoms with Crippen molar-refractivity contribution >= 4 is 28.7 Å². The fraction of sp³-hybridized carbons (Fsp3) is 0. The number of anilines is 2. The maximum Gasteiger partial charge on any atom is 0.196 e. The van der Waals surface area contributed by atoms with Crippen molar-refractivity contribution in [3.05, 3.63) is 59.7 Å². The lowest BCUT2D eigenvalue weighted by atomic mass is 10.3. The lowest BCUT2D eigenvalue weighted by Gasteiger charge is -2.11. The van der Waals surface area contributed by atoms with Crippen LogP contribution in [0, 0.1) is 23.3 Å². The minimum absolute atomic E-state index is 0.0403. The molecule has 0 saturated heterocycles. The van der Waals surface area contributed by atoms with E-state index in [1.54, 1.807) is 0 Å². The van der Waals surface area contributed by atoms with E-state index in [1.165, 1.54) is 24.3 Å². The van der Waals surface area contributed by atoms with Crippen molar-refractivity contribution in [2.75, 3.05) is 10.6 Å². The first kappa shape index (κ1) is 14.3. The standard InChI is InChI=1S/C13H8F4N2S/c14-7-1-3-8(4-2-7)18-13(20)19-10-6-5-9(15)11(16)12(10)17/h1-6H,(H2,18,19,20). The van der Waals surface area contributed by atoms with Crippen LogP contribution in [0.15, 0.2) is 36.4 Å². The van der Waals surface area contributed by atoms with Crippen LogP contribution in [0.25, 0.3) is 0 Å². The van der Waals surface area contributed by atoms with Gasteiger partial charge < -0.3 is 10.6 Å². The highest BCUT2D eigenvalue weighted by molar-refractivity contribution is 7.80. The van der Waals surface area contributed by atoms with Gasteiger partial charge in [-0.25, -0.2) is 17.6 Å². The quantitative estimate of drug-likeness (QED) is 0.497. The molecule has 2 nitrogen and oxygen atoms in total. The van der Waals surface area contributed by atoms with E-state index in [1.807, 2.05) is 0 Å². The topological polar surface area (TPSA) is 24.1 Å². The Kier molecular flexibility index (Phi) is 4.19. The summed E-state index contributed by atoms with van der Waals surface area (Å²) in [5, 5.41) is 5.00. The van der Waals surface area contributed by atoms with E-state index < -0.39 is 23.3 Å². The average molecular weight is 300 g/mol. The van der Waals surface area contributed by atoms with E-state index in [0.717, 1.165) is 12.1 Å². The number of thiocarbonyl (C=S) groups is 1. The summed E-state index contributed by atoms with van der Waals surface area (Å²) in [6.45, 7) is 0. The summed E-state index contributed by atoms with van der Waals surface area (Å²) in [6.07, 6.45) is 0. The maximum atomic E-state index is 13.4. The summed E-state index contributed by atoms with van der Waals surface area (Å²) in [4.78, 5) is 0. The van der Waals surface area contributed by atoms with Gasteiger partial charge in [0.05, 0.1) is 5.69 Å². The Morgan fingerprint density at radius 3 is 2.10 bits per heavy atom. The highest BCUT2D eigenvalue weighted by atomic mass is 32.1. The van der Waals surface area contributed by atoms with Crippen LogP contribution in [-0.4, -0.2) is 5.11 Å². The Balaban J connectivity index is 2.08. The molecule has 7 heteroatoms. The average Bonchev–Trinajstić information content (AvgIpc) is 2.42. The van der Waals surface area contributed by atoms with Gasteiger partial charge >= 0.3 is 0 Å². The van der Waals surface area contributed by atoms with Gasteiger partial charge in [-0.2, -0.15) is 0 Å². The molecule has 0 heterocycles. The Morgan fingerprint density at radius 1 is 0.800 bits per heavy atom. The molecule has 2 N–H and O–H groups in total. The fourth-order valence-corrected chi connectivity index (χ4v) is 1.67. The monoisotopic (exact) mass is 300 g/mol. The second-order valence-electron chi connectivity index (χ2n) is 3.81. The number of hydrogen-bond donors (Lipinski definition) is 2. The van der Waals surface area contributed by atoms with Crippen LogP contribution in [0.5, 0.6) is 0 Å². The van der Waals surface area contributed by atoms with Gasteiger partial charge in [0.2, 0.25) is 0 Å². The summed E-state index contributed by atoms with van der Waals surface area (Å²) in [6, 6.07) is 7.07. The molecule has 2 rings (SSSR count). The zero-order valence-corrected chi connectivity index (χ0v) is 10.7. The van der Waals surface area contributed by atoms with Crippen molar-refractivity contribution in [1.82, 2.24) is 0 Å². The summed E-state index contributed by atoms with van der Waals surface area (Å²) in [5.74, 6) is -4.65. The molecule has 2 aromatic carbocycles. The van der Waals surface area contributed by atoms with E-state index in [4.69, 9.17) is 12.2 Å². The van der Waals surface area contributed by atoms with Gasteiger partial charge in [0, 0.05) is 5.69 Å². The number of hydrogen-bond acceptors (Lipinski definition) is 1. The largest absolute Gasteiger partial charge is 0.332 e. The molecule has 0 atom stereocenters. The molecule has 0 spiro atoms. The summed E-state index contributed by atoms with van der Waals surface area (Å²) >= 11 is 4.89. The zero-order valence-electron chi connectivity index (χ0n) is 9.88. The lowest BCUT2D eigenvalue weighted by Crippen LogP contribution is -2.20. The van der Waals surface area contributed by atoms with Gasteiger partial charge in [0.15, 0.2) is 22.6 Å². The fourth-order valence-electron chi connectivity index (χ4n) is 1.44. The van der Waals surface area contributed by atoms with Crippen LogP contribution in [0.4, 0.5) is 28.9 Å². The highest BCUT2D eigenvalue weighted by Gasteiger charge is 2.14. The Morgan fingerprint density at radius 2 is 1.45 bits per heavy atom. The van der Waals surface area contributed by atoms with E-state index >= 15 is 0 Å². The normalized spacial score (nSPS) is 10.2. The molecule has 0 saturated carbocycles. The van der Waals surface area contributed by atoms with E-state index in [9.17, 15) is 17.6 Å². The molecule has 104 valence electrons. The third-order valence-electron chi connectivity index (χ3n) is 2.39. The first-order valence-corrected chi connectivity index (χ1v) is 5.85. The SMILES string of the molecule is Fc1ccc(NC(=S)Nc2ccc(F)c(F)c2F)cc1. The number of rotatable bonds is 2. The van der Waals surface area contributed by atoms with Gasteiger partial charge in [0.1, 0.15) is 5.82 Å². The van der Waals surface area contributed by atoms with Crippen molar-refractivity contribution in [2.24, 2.45) is 0 Å². The van der Waals surface area contributed by atoms with E-state index in [2.05, 4.69) is 10.6 Å². The molecular weight excluding hydrogens is 292 g/mol. The number of nitrogens with one attached hydrogen (secondary N) is 2. The van der Waals surface area contributed by atoms with Crippen molar-refractivity contribution in [3.8, 4) is 0 Å². The van der Waals surface area contributed by atoms with Gasteiger partial charge in [-0.1, -0.05) is 0 Å². The van der Waals surface area contributed by atoms with Crippen LogP contribution < -0.4 is 10.6 Å². The first-order chi connectivity index (χ1) is 9.47. The van der Waals surface area contributed by atoms with Gasteiger partial charge in [-0.3, -0.25) is 0 Å². The molecule has 0 aliphatic heterocycles. The van der Waals surface area contributed by atoms with Gasteiger partial charge in [0.25, 0.3) is 0 Å². The van der Waals surface area contributed by atoms with Crippen LogP contribution in [0.2, 0.25) is 0 Å². The molecule has 0 unspecified atom stereocenters. The van der Waals surface area contributed by atoms with E-state index in [-0.39, 0.29) is 10.8 Å². The zero-order chi connectivity index (χ0) is 14.7. The van der Waals surface area contributed by atoms with Crippen molar-refractivity contribution < 1.29 is 17.6 Å². The second kappa shape index (κ2) is 5.87. The third kappa shape index (κ3) is 3.24. The lowest BCUT2D eigenvalue weighted by molar-refractivity contribution is 0.449. The molecule has 2 aromatic rings. The smallest absolute Gasteiger partial charge is 0.196 e. The second-order valence-corrected chi connectivity index (χ2v) is 4.22. The highest BCUT2D eigenvalue weighted by Crippen LogP contribution is 2.20. The first-order valence-electron chi connectivity index (χ1n) is 5.44. The molecule has 0 aromatic heterocycles. The third-order valence-corrected chi connectivity index (χ3v) is 2.59. The Hall–Kier alpha value is -2.15. The van der Waals surface area contributed by atoms with Crippen LogP contribution in [0.3, 0.4) is 0 Å². The van der Waals surface area contributed by atoms with E-state index in [0.29, 0.717) is 5.69 Å². The van der Waals surface area contributed by atoms with Gasteiger partial charge in [-0.05, 0) is 48.6 Å². The molecule has 0 aliphatic carbocycles. The molecule has 0 amide bonds. The maximum absolute atomic E-state index is 13.4. The molecule has 0 radical (unpaired) electrons. The predicted molar refractivity (Wildman–Crippen MR) is 72.6 cm³/mol. The Bertz CT molecular complexity index is 644. The molecular formula is C13H8F4N2S. The van der Waals surface area contributed by atoms with Crippen LogP contribution >= 0.6 is 12.2 Å². The Labute approximate surface area is 117 Å². The summed E-state index contributed by atoms with van der Waals surface area (Å²) < 4.78 is 51.9. The minimum atomic E-state index is -1.58. The summed E-state index contributed by atoms with van der Waals surface area (Å²) in [5.41, 5.74) is 0.162. The van der Waals surface area contributed by atoms with Crippen molar-refractivity contribution in [1.29, 1.82) is 0 Å². The number of halogens is 4. The van der Waals surface area contributed by atoms with Crippen molar-refractivity contribution in [2.45, 2.75) is 0 Å². The predicted octanol–water partition coefficient (Wildman–Crippen LogP) is 4.05. The van der Waals surface area contributed by atoms with Crippen molar-refractivity contribution in [3.63, 3.8) is 0 Å². The van der Waals surface area contributed by atoms with Crippen LogP contribution in [0.1, 0.15) is 0 Å². The summed E-state index contributed by atoms with van der Waals surface area (Å²) in [7, 11) is 0. The molecule has 0 aliphatic rings. The minimum Gasteiger partial charge on any atom is -0.332 e. The molecule has 0 fully saturated rings. The number of benzene rings is 2.